The number of nitro groups is 1. The number of amides is 1. The van der Waals surface area contributed by atoms with Crippen LogP contribution in [0.3, 0.4) is 0 Å². The second-order valence-corrected chi connectivity index (χ2v) is 6.38. The van der Waals surface area contributed by atoms with Gasteiger partial charge in [0.05, 0.1) is 16.2 Å². The van der Waals surface area contributed by atoms with E-state index >= 15 is 0 Å². The van der Waals surface area contributed by atoms with Gasteiger partial charge in [0.2, 0.25) is 0 Å². The molecule has 1 heterocycles. The second-order valence-electron chi connectivity index (χ2n) is 5.97. The molecule has 3 rings (SSSR count). The maximum atomic E-state index is 11.8. The lowest BCUT2D eigenvalue weighted by Crippen LogP contribution is -2.24. The van der Waals surface area contributed by atoms with Crippen molar-refractivity contribution in [3.63, 3.8) is 0 Å². The summed E-state index contributed by atoms with van der Waals surface area (Å²) in [7, 11) is 0. The largest absolute Gasteiger partial charge is 0.482 e. The minimum Gasteiger partial charge on any atom is -0.482 e. The summed E-state index contributed by atoms with van der Waals surface area (Å²) in [4.78, 5) is 22.4. The molecule has 0 aliphatic carbocycles. The molecule has 1 N–H and O–H groups in total. The summed E-state index contributed by atoms with van der Waals surface area (Å²) in [5, 5.41) is 15.3. The average Bonchev–Trinajstić information content (AvgIpc) is 3.16. The summed E-state index contributed by atoms with van der Waals surface area (Å²) < 4.78 is 10.9. The van der Waals surface area contributed by atoms with Gasteiger partial charge in [0.15, 0.2) is 6.61 Å². The molecule has 0 saturated carbocycles. The monoisotopic (exact) mass is 413 g/mol. The van der Waals surface area contributed by atoms with Crippen LogP contribution in [0, 0.1) is 17.0 Å². The van der Waals surface area contributed by atoms with Crippen molar-refractivity contribution in [2.24, 2.45) is 5.10 Å². The van der Waals surface area contributed by atoms with Crippen LogP contribution in [-0.4, -0.2) is 23.7 Å². The molecule has 0 radical (unpaired) electrons. The van der Waals surface area contributed by atoms with Crippen molar-refractivity contribution in [3.8, 4) is 17.1 Å². The highest BCUT2D eigenvalue weighted by atomic mass is 35.5. The summed E-state index contributed by atoms with van der Waals surface area (Å²) in [6.45, 7) is 1.41. The molecule has 0 fully saturated rings. The van der Waals surface area contributed by atoms with Crippen molar-refractivity contribution in [1.29, 1.82) is 0 Å². The number of nitrogens with zero attached hydrogens (tertiary/aromatic N) is 2. The van der Waals surface area contributed by atoms with E-state index in [9.17, 15) is 14.9 Å². The van der Waals surface area contributed by atoms with Crippen LogP contribution in [0.1, 0.15) is 11.3 Å². The minimum absolute atomic E-state index is 0.0138. The van der Waals surface area contributed by atoms with E-state index in [0.717, 1.165) is 0 Å². The van der Waals surface area contributed by atoms with Crippen molar-refractivity contribution >= 4 is 29.4 Å². The van der Waals surface area contributed by atoms with Crippen LogP contribution in [0.15, 0.2) is 64.1 Å². The predicted octanol–water partition coefficient (Wildman–Crippen LogP) is 4.35. The van der Waals surface area contributed by atoms with E-state index in [0.29, 0.717) is 33.4 Å². The van der Waals surface area contributed by atoms with E-state index in [1.54, 1.807) is 55.5 Å². The van der Waals surface area contributed by atoms with Crippen LogP contribution in [0.25, 0.3) is 11.3 Å². The lowest BCUT2D eigenvalue weighted by Gasteiger charge is -2.06. The predicted molar refractivity (Wildman–Crippen MR) is 108 cm³/mol. The van der Waals surface area contributed by atoms with Gasteiger partial charge >= 0.3 is 0 Å². The number of ether oxygens (including phenoxy) is 1. The third kappa shape index (κ3) is 5.20. The van der Waals surface area contributed by atoms with Crippen molar-refractivity contribution in [3.05, 3.63) is 81.1 Å². The number of para-hydroxylation sites is 1. The number of aryl methyl sites for hydroxylation is 1. The maximum Gasteiger partial charge on any atom is 0.277 e. The zero-order valence-electron chi connectivity index (χ0n) is 15.3. The number of hydrogen-bond donors (Lipinski definition) is 1. The molecule has 0 unspecified atom stereocenters. The fourth-order valence-corrected chi connectivity index (χ4v) is 2.63. The smallest absolute Gasteiger partial charge is 0.277 e. The van der Waals surface area contributed by atoms with Gasteiger partial charge in [-0.25, -0.2) is 5.43 Å². The van der Waals surface area contributed by atoms with Crippen molar-refractivity contribution in [2.75, 3.05) is 6.61 Å². The number of nitro benzene ring substituents is 1. The van der Waals surface area contributed by atoms with Gasteiger partial charge in [-0.15, -0.1) is 0 Å². The highest BCUT2D eigenvalue weighted by molar-refractivity contribution is 6.32. The summed E-state index contributed by atoms with van der Waals surface area (Å²) in [6.07, 6.45) is 1.32. The fraction of sp³-hybridized carbons (Fsp3) is 0.100. The van der Waals surface area contributed by atoms with E-state index in [1.165, 1.54) is 12.3 Å². The Kier molecular flexibility index (Phi) is 6.25. The van der Waals surface area contributed by atoms with Gasteiger partial charge in [0, 0.05) is 17.2 Å². The summed E-state index contributed by atoms with van der Waals surface area (Å²) in [5.41, 5.74) is 3.46. The zero-order valence-corrected chi connectivity index (χ0v) is 16.1. The lowest BCUT2D eigenvalue weighted by atomic mass is 10.1. The molecule has 0 saturated heterocycles. The molecule has 0 bridgehead atoms. The van der Waals surface area contributed by atoms with Gasteiger partial charge in [-0.1, -0.05) is 35.9 Å². The Hall–Kier alpha value is -3.65. The number of hydrazone groups is 1. The Balaban J connectivity index is 1.58. The van der Waals surface area contributed by atoms with Crippen LogP contribution >= 0.6 is 11.6 Å². The normalized spacial score (nSPS) is 10.8. The highest BCUT2D eigenvalue weighted by Crippen LogP contribution is 2.28. The first-order valence-electron chi connectivity index (χ1n) is 8.48. The van der Waals surface area contributed by atoms with Crippen LogP contribution in [-0.2, 0) is 4.79 Å². The Morgan fingerprint density at radius 1 is 1.28 bits per heavy atom. The van der Waals surface area contributed by atoms with E-state index < -0.39 is 10.8 Å². The summed E-state index contributed by atoms with van der Waals surface area (Å²) in [6, 6.07) is 14.9. The Morgan fingerprint density at radius 3 is 2.83 bits per heavy atom. The molecule has 9 heteroatoms. The Bertz CT molecular complexity index is 1080. The Morgan fingerprint density at radius 2 is 2.07 bits per heavy atom. The van der Waals surface area contributed by atoms with Crippen LogP contribution < -0.4 is 10.2 Å². The number of carbonyl (C=O) groups is 1. The molecule has 29 heavy (non-hydrogen) atoms. The molecule has 1 aromatic heterocycles. The molecule has 0 atom stereocenters. The molecule has 148 valence electrons. The first-order valence-corrected chi connectivity index (χ1v) is 8.86. The third-order valence-electron chi connectivity index (χ3n) is 3.89. The van der Waals surface area contributed by atoms with Gasteiger partial charge in [-0.2, -0.15) is 5.10 Å². The van der Waals surface area contributed by atoms with Gasteiger partial charge in [0.1, 0.15) is 17.3 Å². The maximum absolute atomic E-state index is 11.8. The molecular formula is C20H16ClN3O5. The third-order valence-corrected chi connectivity index (χ3v) is 4.21. The van der Waals surface area contributed by atoms with Crippen LogP contribution in [0.2, 0.25) is 5.02 Å². The van der Waals surface area contributed by atoms with E-state index in [4.69, 9.17) is 20.8 Å². The second kappa shape index (κ2) is 9.03. The van der Waals surface area contributed by atoms with Crippen LogP contribution in [0.5, 0.6) is 5.75 Å². The lowest BCUT2D eigenvalue weighted by molar-refractivity contribution is -0.385. The van der Waals surface area contributed by atoms with Crippen LogP contribution in [0.4, 0.5) is 5.69 Å². The topological polar surface area (TPSA) is 107 Å². The van der Waals surface area contributed by atoms with E-state index in [-0.39, 0.29) is 12.3 Å². The number of rotatable bonds is 7. The number of halogens is 1. The summed E-state index contributed by atoms with van der Waals surface area (Å²) >= 11 is 5.94. The number of hydrogen-bond acceptors (Lipinski definition) is 6. The number of carbonyl (C=O) groups excluding carboxylic acids is 1. The quantitative estimate of drug-likeness (QED) is 0.352. The van der Waals surface area contributed by atoms with Gasteiger partial charge in [0.25, 0.3) is 11.6 Å². The van der Waals surface area contributed by atoms with Gasteiger partial charge < -0.3 is 9.15 Å². The molecular weight excluding hydrogens is 398 g/mol. The molecule has 0 aliphatic rings. The molecule has 3 aromatic rings. The molecule has 0 aliphatic heterocycles. The standard InChI is InChI=1S/C20H16ClN3O5/c1-13-6-7-14(10-17(13)24(26)27)18-9-8-15(29-18)11-22-23-20(25)12-28-19-5-3-2-4-16(19)21/h2-11H,12H2,1H3,(H,23,25)/b22-11-. The van der Waals surface area contributed by atoms with E-state index in [1.807, 2.05) is 0 Å². The SMILES string of the molecule is Cc1ccc(-c2ccc(/C=N\NC(=O)COc3ccccc3Cl)o2)cc1[N+](=O)[O-]. The molecule has 0 spiro atoms. The number of nitrogens with one attached hydrogen (secondary N) is 1. The minimum atomic E-state index is -0.470. The van der Waals surface area contributed by atoms with E-state index in [2.05, 4.69) is 10.5 Å². The molecule has 2 aromatic carbocycles. The Labute approximate surface area is 170 Å². The average molecular weight is 414 g/mol. The van der Waals surface area contributed by atoms with Crippen molar-refractivity contribution in [1.82, 2.24) is 5.43 Å². The molecule has 8 nitrogen and oxygen atoms in total. The van der Waals surface area contributed by atoms with Crippen molar-refractivity contribution < 1.29 is 18.9 Å². The first-order chi connectivity index (χ1) is 13.9. The zero-order chi connectivity index (χ0) is 20.8. The highest BCUT2D eigenvalue weighted by Gasteiger charge is 2.13. The first kappa shape index (κ1) is 20.1. The number of benzene rings is 2. The van der Waals surface area contributed by atoms with Gasteiger partial charge in [-0.3, -0.25) is 14.9 Å². The molecule has 1 amide bonds. The van der Waals surface area contributed by atoms with Crippen molar-refractivity contribution in [2.45, 2.75) is 6.92 Å². The van der Waals surface area contributed by atoms with Gasteiger partial charge in [-0.05, 0) is 31.2 Å². The fourth-order valence-electron chi connectivity index (χ4n) is 2.44. The number of furan rings is 1. The summed E-state index contributed by atoms with van der Waals surface area (Å²) in [5.74, 6) is 0.747.